The van der Waals surface area contributed by atoms with Crippen molar-refractivity contribution in [2.75, 3.05) is 0 Å². The van der Waals surface area contributed by atoms with Gasteiger partial charge in [-0.15, -0.1) is 0 Å². The second-order valence-corrected chi connectivity index (χ2v) is 19.3. The van der Waals surface area contributed by atoms with Gasteiger partial charge in [0.15, 0.2) is 0 Å². The van der Waals surface area contributed by atoms with E-state index in [1.54, 1.807) is 6.20 Å². The van der Waals surface area contributed by atoms with Crippen molar-refractivity contribution in [2.45, 2.75) is 156 Å². The van der Waals surface area contributed by atoms with E-state index in [0.717, 1.165) is 47.6 Å². The lowest BCUT2D eigenvalue weighted by molar-refractivity contribution is -0.165. The molecular weight excluding hydrogens is 640 g/mol. The fourth-order valence-electron chi connectivity index (χ4n) is 11.5. The average Bonchev–Trinajstić information content (AvgIpc) is 3.57. The SMILES string of the molecule is C[C@H](CC(=O)OC(C)(C)C)C1CCC2C3CCC4C[C@H](OC(=O)[C@@H](N)Cc5cn(C(=O)OC(C)(C)C)c6ccccc56)CC[C@]4(C)C3CC[C@@]21C. The van der Waals surface area contributed by atoms with Crippen LogP contribution in [-0.2, 0) is 30.2 Å². The molecule has 0 radical (unpaired) electrons. The van der Waals surface area contributed by atoms with Crippen LogP contribution >= 0.6 is 0 Å². The maximum Gasteiger partial charge on any atom is 0.419 e. The molecule has 6 rings (SSSR count). The van der Waals surface area contributed by atoms with E-state index < -0.39 is 23.3 Å². The molecule has 4 aliphatic carbocycles. The van der Waals surface area contributed by atoms with Gasteiger partial charge in [-0.05, 0) is 157 Å². The molecule has 1 heterocycles. The normalized spacial score (nSPS) is 33.4. The first-order valence-corrected chi connectivity index (χ1v) is 19.8. The van der Waals surface area contributed by atoms with Gasteiger partial charge in [-0.3, -0.25) is 14.2 Å². The molecule has 8 nitrogen and oxygen atoms in total. The Bertz CT molecular complexity index is 1620. The molecule has 2 N–H and O–H groups in total. The number of para-hydroxylation sites is 1. The van der Waals surface area contributed by atoms with Crippen molar-refractivity contribution in [1.82, 2.24) is 4.57 Å². The molecule has 0 bridgehead atoms. The highest BCUT2D eigenvalue weighted by Gasteiger charge is 2.61. The third-order valence-corrected chi connectivity index (χ3v) is 13.7. The van der Waals surface area contributed by atoms with Crippen molar-refractivity contribution >= 4 is 28.9 Å². The first-order valence-electron chi connectivity index (χ1n) is 19.8. The number of benzene rings is 1. The first-order chi connectivity index (χ1) is 23.8. The fourth-order valence-corrected chi connectivity index (χ4v) is 11.5. The monoisotopic (exact) mass is 704 g/mol. The van der Waals surface area contributed by atoms with E-state index in [1.807, 2.05) is 65.8 Å². The average molecular weight is 705 g/mol. The molecule has 2 aromatic rings. The van der Waals surface area contributed by atoms with Crippen molar-refractivity contribution in [1.29, 1.82) is 0 Å². The van der Waals surface area contributed by atoms with Crippen LogP contribution in [0, 0.1) is 46.3 Å². The van der Waals surface area contributed by atoms with Gasteiger partial charge in [0.1, 0.15) is 23.3 Å². The van der Waals surface area contributed by atoms with Crippen LogP contribution in [0.3, 0.4) is 0 Å². The quantitative estimate of drug-likeness (QED) is 0.226. The van der Waals surface area contributed by atoms with Gasteiger partial charge < -0.3 is 19.9 Å². The number of carbonyl (C=O) groups is 3. The molecule has 282 valence electrons. The van der Waals surface area contributed by atoms with Crippen LogP contribution in [0.1, 0.15) is 132 Å². The third kappa shape index (κ3) is 7.63. The summed E-state index contributed by atoms with van der Waals surface area (Å²) in [6.07, 6.45) is 12.3. The van der Waals surface area contributed by atoms with Crippen LogP contribution < -0.4 is 5.73 Å². The van der Waals surface area contributed by atoms with Gasteiger partial charge in [-0.2, -0.15) is 0 Å². The number of aromatic nitrogens is 1. The third-order valence-electron chi connectivity index (χ3n) is 13.7. The molecule has 8 heteroatoms. The number of hydrogen-bond acceptors (Lipinski definition) is 7. The molecule has 0 spiro atoms. The van der Waals surface area contributed by atoms with Gasteiger partial charge in [0.05, 0.1) is 5.52 Å². The number of rotatable bonds is 7. The molecule has 0 saturated heterocycles. The number of ether oxygens (including phenoxy) is 3. The summed E-state index contributed by atoms with van der Waals surface area (Å²) in [5.74, 6) is 3.17. The zero-order valence-corrected chi connectivity index (χ0v) is 32.8. The Hall–Kier alpha value is -2.87. The predicted octanol–water partition coefficient (Wildman–Crippen LogP) is 9.23. The van der Waals surface area contributed by atoms with Gasteiger partial charge >= 0.3 is 18.0 Å². The van der Waals surface area contributed by atoms with Crippen LogP contribution in [0.2, 0.25) is 0 Å². The molecule has 0 amide bonds. The summed E-state index contributed by atoms with van der Waals surface area (Å²) in [4.78, 5) is 39.2. The lowest BCUT2D eigenvalue weighted by atomic mass is 9.44. The summed E-state index contributed by atoms with van der Waals surface area (Å²) < 4.78 is 19.0. The minimum Gasteiger partial charge on any atom is -0.461 e. The van der Waals surface area contributed by atoms with E-state index in [0.29, 0.717) is 30.1 Å². The Kier molecular flexibility index (Phi) is 10.3. The number of nitrogens with two attached hydrogens (primary N) is 1. The number of fused-ring (bicyclic) bond motifs is 6. The van der Waals surface area contributed by atoms with Gasteiger partial charge in [0.25, 0.3) is 0 Å². The Morgan fingerprint density at radius 2 is 1.55 bits per heavy atom. The Morgan fingerprint density at radius 3 is 2.25 bits per heavy atom. The molecule has 1 aromatic carbocycles. The van der Waals surface area contributed by atoms with Crippen molar-refractivity contribution in [3.05, 3.63) is 36.0 Å². The summed E-state index contributed by atoms with van der Waals surface area (Å²) in [7, 11) is 0. The lowest BCUT2D eigenvalue weighted by Crippen LogP contribution is -2.54. The Balaban J connectivity index is 1.06. The summed E-state index contributed by atoms with van der Waals surface area (Å²) in [6, 6.07) is 6.82. The van der Waals surface area contributed by atoms with Crippen molar-refractivity contribution in [2.24, 2.45) is 52.1 Å². The van der Waals surface area contributed by atoms with Crippen LogP contribution in [0.25, 0.3) is 10.9 Å². The minimum atomic E-state index is -0.823. The van der Waals surface area contributed by atoms with E-state index in [-0.39, 0.29) is 35.3 Å². The van der Waals surface area contributed by atoms with E-state index in [1.165, 1.54) is 43.1 Å². The van der Waals surface area contributed by atoms with E-state index in [9.17, 15) is 14.4 Å². The number of hydrogen-bond donors (Lipinski definition) is 1. The predicted molar refractivity (Wildman–Crippen MR) is 200 cm³/mol. The van der Waals surface area contributed by atoms with Gasteiger partial charge in [-0.25, -0.2) is 4.79 Å². The molecule has 51 heavy (non-hydrogen) atoms. The highest BCUT2D eigenvalue weighted by atomic mass is 16.6. The molecular formula is C43H64N2O6. The lowest BCUT2D eigenvalue weighted by Gasteiger charge is -2.61. The van der Waals surface area contributed by atoms with Crippen LogP contribution in [0.5, 0.6) is 0 Å². The Morgan fingerprint density at radius 1 is 0.882 bits per heavy atom. The van der Waals surface area contributed by atoms with E-state index in [2.05, 4.69) is 20.8 Å². The largest absolute Gasteiger partial charge is 0.461 e. The molecule has 1 aromatic heterocycles. The molecule has 4 fully saturated rings. The standard InChI is InChI=1S/C43H64N2O6/c1-26(22-37(46)50-40(2,3)4)32-16-17-33-31-15-14-28-24-29(18-20-42(28,8)34(31)19-21-43(32,33)9)49-38(47)35(44)23-27-25-45(39(48)51-41(5,6)7)36-13-11-10-12-30(27)36/h10-13,25-26,28-29,31-35H,14-24,44H2,1-9H3/t26-,28?,29-,31?,32?,33?,34?,35+,42+,43-/m1/s1. The van der Waals surface area contributed by atoms with E-state index in [4.69, 9.17) is 19.9 Å². The first kappa shape index (κ1) is 37.9. The number of carbonyl (C=O) groups excluding carboxylic acids is 3. The number of nitrogens with zero attached hydrogens (tertiary/aromatic N) is 1. The zero-order chi connectivity index (χ0) is 37.1. The maximum atomic E-state index is 13.5. The number of esters is 2. The molecule has 5 unspecified atom stereocenters. The Labute approximate surface area is 305 Å². The summed E-state index contributed by atoms with van der Waals surface area (Å²) in [6.45, 7) is 18.7. The maximum absolute atomic E-state index is 13.5. The van der Waals surface area contributed by atoms with Crippen molar-refractivity contribution in [3.8, 4) is 0 Å². The van der Waals surface area contributed by atoms with Crippen molar-refractivity contribution in [3.63, 3.8) is 0 Å². The second-order valence-electron chi connectivity index (χ2n) is 19.3. The van der Waals surface area contributed by atoms with Gasteiger partial charge in [0.2, 0.25) is 0 Å². The smallest absolute Gasteiger partial charge is 0.419 e. The fraction of sp³-hybridized carbons (Fsp3) is 0.744. The second kappa shape index (κ2) is 13.8. The van der Waals surface area contributed by atoms with E-state index >= 15 is 0 Å². The summed E-state index contributed by atoms with van der Waals surface area (Å²) >= 11 is 0. The van der Waals surface area contributed by atoms with Crippen LogP contribution in [0.4, 0.5) is 4.79 Å². The van der Waals surface area contributed by atoms with Gasteiger partial charge in [0, 0.05) is 24.4 Å². The molecule has 4 aliphatic rings. The molecule has 4 saturated carbocycles. The highest BCUT2D eigenvalue weighted by Crippen LogP contribution is 2.68. The summed E-state index contributed by atoms with van der Waals surface area (Å²) in [5, 5.41) is 0.881. The van der Waals surface area contributed by atoms with Crippen LogP contribution in [0.15, 0.2) is 30.5 Å². The highest BCUT2D eigenvalue weighted by molar-refractivity contribution is 5.92. The summed E-state index contributed by atoms with van der Waals surface area (Å²) in [5.41, 5.74) is 7.55. The minimum absolute atomic E-state index is 0.0621. The topological polar surface area (TPSA) is 110 Å². The van der Waals surface area contributed by atoms with Crippen LogP contribution in [-0.4, -0.2) is 45.9 Å². The molecule has 10 atom stereocenters. The van der Waals surface area contributed by atoms with Gasteiger partial charge in [-0.1, -0.05) is 39.0 Å². The zero-order valence-electron chi connectivity index (χ0n) is 32.8. The molecule has 0 aliphatic heterocycles. The van der Waals surface area contributed by atoms with Crippen molar-refractivity contribution < 1.29 is 28.6 Å².